The SMILES string of the molecule is CC(C(=O)NCCc1cccs1)N1CCN(c2ccccc2O)CC1. The van der Waals surface area contributed by atoms with E-state index in [1.54, 1.807) is 17.4 Å². The molecule has 0 bridgehead atoms. The monoisotopic (exact) mass is 359 g/mol. The van der Waals surface area contributed by atoms with Crippen LogP contribution in [-0.4, -0.2) is 54.7 Å². The first-order valence-electron chi connectivity index (χ1n) is 8.72. The zero-order valence-corrected chi connectivity index (χ0v) is 15.3. The molecule has 1 atom stereocenters. The predicted molar refractivity (Wildman–Crippen MR) is 102 cm³/mol. The number of amides is 1. The van der Waals surface area contributed by atoms with Crippen LogP contribution in [-0.2, 0) is 11.2 Å². The first kappa shape index (κ1) is 17.8. The van der Waals surface area contributed by atoms with Crippen molar-refractivity contribution < 1.29 is 9.90 Å². The molecule has 2 heterocycles. The summed E-state index contributed by atoms with van der Waals surface area (Å²) in [6, 6.07) is 11.4. The van der Waals surface area contributed by atoms with E-state index in [2.05, 4.69) is 26.6 Å². The van der Waals surface area contributed by atoms with Crippen LogP contribution in [0.2, 0.25) is 0 Å². The minimum absolute atomic E-state index is 0.0903. The highest BCUT2D eigenvalue weighted by atomic mass is 32.1. The van der Waals surface area contributed by atoms with E-state index >= 15 is 0 Å². The van der Waals surface area contributed by atoms with E-state index in [0.717, 1.165) is 38.3 Å². The molecule has 5 nitrogen and oxygen atoms in total. The number of hydrogen-bond donors (Lipinski definition) is 2. The maximum Gasteiger partial charge on any atom is 0.237 e. The Balaban J connectivity index is 1.45. The minimum atomic E-state index is -0.130. The number of phenolic OH excluding ortho intramolecular Hbond substituents is 1. The second-order valence-electron chi connectivity index (χ2n) is 6.31. The fraction of sp³-hybridized carbons (Fsp3) is 0.421. The molecule has 1 unspecified atom stereocenters. The van der Waals surface area contributed by atoms with Crippen LogP contribution in [0.15, 0.2) is 41.8 Å². The molecule has 0 saturated carbocycles. The molecular formula is C19H25N3O2S. The number of carbonyl (C=O) groups is 1. The van der Waals surface area contributed by atoms with Gasteiger partial charge in [-0.25, -0.2) is 0 Å². The van der Waals surface area contributed by atoms with E-state index in [9.17, 15) is 9.90 Å². The number of thiophene rings is 1. The lowest BCUT2D eigenvalue weighted by Gasteiger charge is -2.38. The number of hydrogen-bond acceptors (Lipinski definition) is 5. The van der Waals surface area contributed by atoms with Crippen LogP contribution in [0.5, 0.6) is 5.75 Å². The highest BCUT2D eigenvalue weighted by Crippen LogP contribution is 2.27. The molecule has 0 aliphatic carbocycles. The summed E-state index contributed by atoms with van der Waals surface area (Å²) in [5.41, 5.74) is 0.871. The predicted octanol–water partition coefficient (Wildman–Crippen LogP) is 2.32. The Morgan fingerprint density at radius 3 is 2.64 bits per heavy atom. The number of aromatic hydroxyl groups is 1. The fourth-order valence-electron chi connectivity index (χ4n) is 3.16. The number of anilines is 1. The standard InChI is InChI=1S/C19H25N3O2S/c1-15(19(24)20-9-8-16-5-4-14-25-16)21-10-12-22(13-11-21)17-6-2-3-7-18(17)23/h2-7,14-15,23H,8-13H2,1H3,(H,20,24). The van der Waals surface area contributed by atoms with Crippen LogP contribution < -0.4 is 10.2 Å². The Hall–Kier alpha value is -2.05. The molecule has 1 fully saturated rings. The van der Waals surface area contributed by atoms with Crippen LogP contribution in [0.3, 0.4) is 0 Å². The molecule has 25 heavy (non-hydrogen) atoms. The van der Waals surface area contributed by atoms with Gasteiger partial charge in [-0.2, -0.15) is 0 Å². The van der Waals surface area contributed by atoms with Crippen molar-refractivity contribution in [1.29, 1.82) is 0 Å². The van der Waals surface area contributed by atoms with E-state index in [-0.39, 0.29) is 11.9 Å². The molecule has 0 spiro atoms. The van der Waals surface area contributed by atoms with Gasteiger partial charge in [0.2, 0.25) is 5.91 Å². The second-order valence-corrected chi connectivity index (χ2v) is 7.34. The molecule has 1 aromatic heterocycles. The maximum absolute atomic E-state index is 12.4. The topological polar surface area (TPSA) is 55.8 Å². The van der Waals surface area contributed by atoms with E-state index in [1.165, 1.54) is 4.88 Å². The molecule has 1 saturated heterocycles. The van der Waals surface area contributed by atoms with Crippen molar-refractivity contribution >= 4 is 22.9 Å². The van der Waals surface area contributed by atoms with Crippen molar-refractivity contribution in [2.75, 3.05) is 37.6 Å². The number of para-hydroxylation sites is 2. The molecule has 1 amide bonds. The Morgan fingerprint density at radius 2 is 1.96 bits per heavy atom. The summed E-state index contributed by atoms with van der Waals surface area (Å²) in [6.45, 7) is 5.90. The highest BCUT2D eigenvalue weighted by molar-refractivity contribution is 7.09. The third-order valence-corrected chi connectivity index (χ3v) is 5.65. The molecule has 134 valence electrons. The largest absolute Gasteiger partial charge is 0.506 e. The first-order valence-corrected chi connectivity index (χ1v) is 9.60. The Kier molecular flexibility index (Phi) is 5.94. The van der Waals surface area contributed by atoms with Gasteiger partial charge in [0.25, 0.3) is 0 Å². The van der Waals surface area contributed by atoms with Gasteiger partial charge >= 0.3 is 0 Å². The third kappa shape index (κ3) is 4.52. The molecular weight excluding hydrogens is 334 g/mol. The highest BCUT2D eigenvalue weighted by Gasteiger charge is 2.26. The average Bonchev–Trinajstić information content (AvgIpc) is 3.15. The normalized spacial score (nSPS) is 16.6. The maximum atomic E-state index is 12.4. The lowest BCUT2D eigenvalue weighted by atomic mass is 10.2. The number of phenols is 1. The van der Waals surface area contributed by atoms with Gasteiger partial charge in [0, 0.05) is 37.6 Å². The van der Waals surface area contributed by atoms with Gasteiger partial charge in [-0.3, -0.25) is 9.69 Å². The lowest BCUT2D eigenvalue weighted by molar-refractivity contribution is -0.125. The quantitative estimate of drug-likeness (QED) is 0.831. The average molecular weight is 359 g/mol. The molecule has 1 aliphatic heterocycles. The van der Waals surface area contributed by atoms with E-state index in [0.29, 0.717) is 12.3 Å². The van der Waals surface area contributed by atoms with E-state index in [4.69, 9.17) is 0 Å². The molecule has 2 N–H and O–H groups in total. The number of benzene rings is 1. The van der Waals surface area contributed by atoms with Crippen molar-refractivity contribution in [3.8, 4) is 5.75 Å². The minimum Gasteiger partial charge on any atom is -0.506 e. The zero-order chi connectivity index (χ0) is 17.6. The Labute approximate surface area is 152 Å². The number of nitrogens with zero attached hydrogens (tertiary/aromatic N) is 2. The van der Waals surface area contributed by atoms with Crippen LogP contribution in [0.25, 0.3) is 0 Å². The van der Waals surface area contributed by atoms with Gasteiger partial charge in [-0.05, 0) is 36.9 Å². The van der Waals surface area contributed by atoms with Crippen molar-refractivity contribution in [1.82, 2.24) is 10.2 Å². The van der Waals surface area contributed by atoms with Crippen molar-refractivity contribution in [2.45, 2.75) is 19.4 Å². The summed E-state index contributed by atoms with van der Waals surface area (Å²) in [4.78, 5) is 18.0. The molecule has 6 heteroatoms. The summed E-state index contributed by atoms with van der Waals surface area (Å²) in [5, 5.41) is 15.1. The number of rotatable bonds is 6. The van der Waals surface area contributed by atoms with Gasteiger partial charge in [-0.15, -0.1) is 11.3 Å². The number of carbonyl (C=O) groups excluding carboxylic acids is 1. The molecule has 1 aromatic carbocycles. The van der Waals surface area contributed by atoms with Crippen LogP contribution >= 0.6 is 11.3 Å². The molecule has 3 rings (SSSR count). The second kappa shape index (κ2) is 8.36. The van der Waals surface area contributed by atoms with Crippen molar-refractivity contribution in [3.05, 3.63) is 46.7 Å². The number of piperazine rings is 1. The lowest BCUT2D eigenvalue weighted by Crippen LogP contribution is -2.54. The smallest absolute Gasteiger partial charge is 0.237 e. The number of nitrogens with one attached hydrogen (secondary N) is 1. The summed E-state index contributed by atoms with van der Waals surface area (Å²) in [5.74, 6) is 0.405. The van der Waals surface area contributed by atoms with Gasteiger partial charge in [0.1, 0.15) is 5.75 Å². The summed E-state index contributed by atoms with van der Waals surface area (Å²) in [7, 11) is 0. The molecule has 0 radical (unpaired) electrons. The molecule has 2 aromatic rings. The van der Waals surface area contributed by atoms with E-state index < -0.39 is 0 Å². The van der Waals surface area contributed by atoms with Crippen LogP contribution in [0.4, 0.5) is 5.69 Å². The van der Waals surface area contributed by atoms with Gasteiger partial charge in [0.05, 0.1) is 11.7 Å². The van der Waals surface area contributed by atoms with Gasteiger partial charge in [-0.1, -0.05) is 18.2 Å². The summed E-state index contributed by atoms with van der Waals surface area (Å²) >= 11 is 1.72. The summed E-state index contributed by atoms with van der Waals surface area (Å²) < 4.78 is 0. The van der Waals surface area contributed by atoms with Gasteiger partial charge in [0.15, 0.2) is 0 Å². The zero-order valence-electron chi connectivity index (χ0n) is 14.5. The van der Waals surface area contributed by atoms with Gasteiger partial charge < -0.3 is 15.3 Å². The Bertz CT molecular complexity index is 682. The third-order valence-electron chi connectivity index (χ3n) is 4.71. The van der Waals surface area contributed by atoms with E-state index in [1.807, 2.05) is 31.2 Å². The van der Waals surface area contributed by atoms with Crippen LogP contribution in [0.1, 0.15) is 11.8 Å². The van der Waals surface area contributed by atoms with Crippen LogP contribution in [0, 0.1) is 0 Å². The van der Waals surface area contributed by atoms with Crippen molar-refractivity contribution in [3.63, 3.8) is 0 Å². The molecule has 1 aliphatic rings. The summed E-state index contributed by atoms with van der Waals surface area (Å²) in [6.07, 6.45) is 0.886. The first-order chi connectivity index (χ1) is 12.1. The van der Waals surface area contributed by atoms with Crippen molar-refractivity contribution in [2.24, 2.45) is 0 Å². The Morgan fingerprint density at radius 1 is 1.20 bits per heavy atom. The fourth-order valence-corrected chi connectivity index (χ4v) is 3.87.